The summed E-state index contributed by atoms with van der Waals surface area (Å²) >= 11 is 0. The standard InChI is InChI=1S/C13H26N4O2/c1-9(2)17(8-11-6-4-5-7-15-11)10(3)12(18)16-13(14)19/h9-11,15H,4-8H2,1-3H3,(H3,14,16,18,19). The Kier molecular flexibility index (Phi) is 6.24. The molecule has 0 saturated carbocycles. The lowest BCUT2D eigenvalue weighted by molar-refractivity contribution is -0.125. The molecular formula is C13H26N4O2. The molecule has 1 heterocycles. The first-order valence-electron chi connectivity index (χ1n) is 7.01. The predicted molar refractivity (Wildman–Crippen MR) is 74.7 cm³/mol. The third kappa shape index (κ3) is 5.16. The van der Waals surface area contributed by atoms with Crippen molar-refractivity contribution in [2.75, 3.05) is 13.1 Å². The fourth-order valence-corrected chi connectivity index (χ4v) is 2.53. The van der Waals surface area contributed by atoms with Crippen LogP contribution in [0.1, 0.15) is 40.0 Å². The first kappa shape index (κ1) is 15.9. The number of nitrogens with one attached hydrogen (secondary N) is 2. The summed E-state index contributed by atoms with van der Waals surface area (Å²) in [7, 11) is 0. The predicted octanol–water partition coefficient (Wildman–Crippen LogP) is 0.422. The number of imide groups is 1. The maximum absolute atomic E-state index is 11.9. The number of amides is 3. The third-order valence-electron chi connectivity index (χ3n) is 3.63. The fraction of sp³-hybridized carbons (Fsp3) is 0.846. The number of carbonyl (C=O) groups is 2. The number of nitrogens with zero attached hydrogens (tertiary/aromatic N) is 1. The monoisotopic (exact) mass is 270 g/mol. The molecule has 1 aliphatic rings. The Labute approximate surface area is 115 Å². The van der Waals surface area contributed by atoms with E-state index in [2.05, 4.69) is 29.4 Å². The molecule has 0 aliphatic carbocycles. The van der Waals surface area contributed by atoms with Crippen molar-refractivity contribution in [1.29, 1.82) is 0 Å². The minimum Gasteiger partial charge on any atom is -0.351 e. The van der Waals surface area contributed by atoms with Gasteiger partial charge in [0.25, 0.3) is 0 Å². The van der Waals surface area contributed by atoms with Crippen molar-refractivity contribution in [2.45, 2.75) is 58.2 Å². The number of rotatable bonds is 5. The van der Waals surface area contributed by atoms with Gasteiger partial charge in [-0.25, -0.2) is 4.79 Å². The van der Waals surface area contributed by atoms with Crippen LogP contribution < -0.4 is 16.4 Å². The minimum atomic E-state index is -0.795. The quantitative estimate of drug-likeness (QED) is 0.676. The molecular weight excluding hydrogens is 244 g/mol. The Morgan fingerprint density at radius 2 is 2.05 bits per heavy atom. The van der Waals surface area contributed by atoms with Crippen molar-refractivity contribution < 1.29 is 9.59 Å². The van der Waals surface area contributed by atoms with Gasteiger partial charge in [-0.1, -0.05) is 6.42 Å². The van der Waals surface area contributed by atoms with Crippen molar-refractivity contribution in [3.8, 4) is 0 Å². The van der Waals surface area contributed by atoms with E-state index in [1.54, 1.807) is 6.92 Å². The van der Waals surface area contributed by atoms with Crippen LogP contribution >= 0.6 is 0 Å². The van der Waals surface area contributed by atoms with Gasteiger partial charge in [0.05, 0.1) is 6.04 Å². The molecule has 0 radical (unpaired) electrons. The van der Waals surface area contributed by atoms with Crippen LogP contribution in [-0.4, -0.2) is 48.1 Å². The first-order valence-corrected chi connectivity index (χ1v) is 7.01. The van der Waals surface area contributed by atoms with E-state index in [0.29, 0.717) is 6.04 Å². The number of urea groups is 1. The van der Waals surface area contributed by atoms with Crippen LogP contribution in [0.25, 0.3) is 0 Å². The van der Waals surface area contributed by atoms with E-state index < -0.39 is 6.03 Å². The molecule has 1 aliphatic heterocycles. The Hall–Kier alpha value is -1.14. The normalized spacial score (nSPS) is 21.4. The molecule has 0 aromatic heterocycles. The van der Waals surface area contributed by atoms with Crippen molar-refractivity contribution in [3.05, 3.63) is 0 Å². The molecule has 3 amide bonds. The average Bonchev–Trinajstić information content (AvgIpc) is 2.35. The lowest BCUT2D eigenvalue weighted by Crippen LogP contribution is -2.54. The van der Waals surface area contributed by atoms with E-state index in [0.717, 1.165) is 19.5 Å². The van der Waals surface area contributed by atoms with Crippen LogP contribution in [0.2, 0.25) is 0 Å². The SMILES string of the molecule is CC(C)N(CC1CCCCN1)C(C)C(=O)NC(N)=O. The number of primary amides is 1. The number of carbonyl (C=O) groups excluding carboxylic acids is 2. The molecule has 0 aromatic rings. The highest BCUT2D eigenvalue weighted by atomic mass is 16.2. The van der Waals surface area contributed by atoms with Crippen LogP contribution in [0.4, 0.5) is 4.79 Å². The topological polar surface area (TPSA) is 87.5 Å². The third-order valence-corrected chi connectivity index (χ3v) is 3.63. The molecule has 0 spiro atoms. The Bertz CT molecular complexity index is 314. The minimum absolute atomic E-state index is 0.234. The highest BCUT2D eigenvalue weighted by Crippen LogP contribution is 2.13. The summed E-state index contributed by atoms with van der Waals surface area (Å²) in [6.45, 7) is 7.76. The highest BCUT2D eigenvalue weighted by Gasteiger charge is 2.27. The summed E-state index contributed by atoms with van der Waals surface area (Å²) in [5.74, 6) is -0.336. The molecule has 2 atom stereocenters. The summed E-state index contributed by atoms with van der Waals surface area (Å²) < 4.78 is 0. The van der Waals surface area contributed by atoms with Crippen molar-refractivity contribution >= 4 is 11.9 Å². The van der Waals surface area contributed by atoms with Crippen molar-refractivity contribution in [3.63, 3.8) is 0 Å². The zero-order valence-electron chi connectivity index (χ0n) is 12.1. The zero-order chi connectivity index (χ0) is 14.4. The van der Waals surface area contributed by atoms with E-state index >= 15 is 0 Å². The first-order chi connectivity index (χ1) is 8.91. The van der Waals surface area contributed by atoms with Gasteiger partial charge in [-0.3, -0.25) is 15.0 Å². The second-order valence-corrected chi connectivity index (χ2v) is 5.47. The second-order valence-electron chi connectivity index (χ2n) is 5.47. The van der Waals surface area contributed by atoms with E-state index in [-0.39, 0.29) is 18.0 Å². The molecule has 0 aromatic carbocycles. The second kappa shape index (κ2) is 7.45. The zero-order valence-corrected chi connectivity index (χ0v) is 12.1. The van der Waals surface area contributed by atoms with Crippen LogP contribution in [0, 0.1) is 0 Å². The van der Waals surface area contributed by atoms with Gasteiger partial charge in [0.15, 0.2) is 0 Å². The van der Waals surface area contributed by atoms with Crippen LogP contribution in [0.3, 0.4) is 0 Å². The van der Waals surface area contributed by atoms with Crippen LogP contribution in [-0.2, 0) is 4.79 Å². The van der Waals surface area contributed by atoms with Gasteiger partial charge in [0.2, 0.25) is 5.91 Å². The highest BCUT2D eigenvalue weighted by molar-refractivity contribution is 5.96. The molecule has 1 fully saturated rings. The summed E-state index contributed by atoms with van der Waals surface area (Å²) in [6.07, 6.45) is 3.58. The lowest BCUT2D eigenvalue weighted by atomic mass is 10.0. The maximum atomic E-state index is 11.9. The number of nitrogens with two attached hydrogens (primary N) is 1. The van der Waals surface area contributed by atoms with E-state index in [9.17, 15) is 9.59 Å². The molecule has 4 N–H and O–H groups in total. The molecule has 6 heteroatoms. The smallest absolute Gasteiger partial charge is 0.318 e. The Balaban J connectivity index is 2.59. The maximum Gasteiger partial charge on any atom is 0.318 e. The van der Waals surface area contributed by atoms with Gasteiger partial charge in [0.1, 0.15) is 0 Å². The molecule has 110 valence electrons. The number of hydrogen-bond acceptors (Lipinski definition) is 4. The van der Waals surface area contributed by atoms with Crippen LogP contribution in [0.5, 0.6) is 0 Å². The summed E-state index contributed by atoms with van der Waals surface area (Å²) in [4.78, 5) is 24.7. The number of hydrogen-bond donors (Lipinski definition) is 3. The molecule has 1 rings (SSSR count). The molecule has 19 heavy (non-hydrogen) atoms. The summed E-state index contributed by atoms with van der Waals surface area (Å²) in [6, 6.07) is -0.509. The Morgan fingerprint density at radius 1 is 1.37 bits per heavy atom. The van der Waals surface area contributed by atoms with Gasteiger partial charge in [-0.15, -0.1) is 0 Å². The van der Waals surface area contributed by atoms with E-state index in [1.165, 1.54) is 12.8 Å². The summed E-state index contributed by atoms with van der Waals surface area (Å²) in [5.41, 5.74) is 4.99. The number of piperidine rings is 1. The van der Waals surface area contributed by atoms with Gasteiger partial charge in [-0.05, 0) is 40.2 Å². The van der Waals surface area contributed by atoms with Crippen LogP contribution in [0.15, 0.2) is 0 Å². The molecule has 0 bridgehead atoms. The molecule has 1 saturated heterocycles. The lowest BCUT2D eigenvalue weighted by Gasteiger charge is -2.36. The van der Waals surface area contributed by atoms with E-state index in [4.69, 9.17) is 5.73 Å². The average molecular weight is 270 g/mol. The van der Waals surface area contributed by atoms with Gasteiger partial charge in [-0.2, -0.15) is 0 Å². The molecule has 2 unspecified atom stereocenters. The van der Waals surface area contributed by atoms with Crippen molar-refractivity contribution in [2.24, 2.45) is 5.73 Å². The van der Waals surface area contributed by atoms with Gasteiger partial charge >= 0.3 is 6.03 Å². The van der Waals surface area contributed by atoms with E-state index in [1.807, 2.05) is 0 Å². The molecule has 6 nitrogen and oxygen atoms in total. The Morgan fingerprint density at radius 3 is 2.53 bits per heavy atom. The van der Waals surface area contributed by atoms with Gasteiger partial charge in [0, 0.05) is 18.6 Å². The van der Waals surface area contributed by atoms with Crippen molar-refractivity contribution in [1.82, 2.24) is 15.5 Å². The largest absolute Gasteiger partial charge is 0.351 e. The fourth-order valence-electron chi connectivity index (χ4n) is 2.53. The van der Waals surface area contributed by atoms with Gasteiger partial charge < -0.3 is 11.1 Å². The summed E-state index contributed by atoms with van der Waals surface area (Å²) in [5, 5.41) is 5.63.